The number of nitrogens with one attached hydrogen (secondary N) is 1. The van der Waals surface area contributed by atoms with Crippen molar-refractivity contribution in [3.8, 4) is 0 Å². The Balaban J connectivity index is 2.50. The monoisotopic (exact) mass is 291 g/mol. The number of rotatable bonds is 4. The Hall–Kier alpha value is -2.43. The van der Waals surface area contributed by atoms with Crippen LogP contribution in [0, 0.1) is 18.6 Å². The van der Waals surface area contributed by atoms with Gasteiger partial charge in [0.1, 0.15) is 11.6 Å². The molecule has 0 saturated heterocycles. The number of carboxylic acids is 1. The molecule has 2 N–H and O–H groups in total. The Morgan fingerprint density at radius 3 is 2.24 bits per heavy atom. The molecule has 1 atom stereocenters. The summed E-state index contributed by atoms with van der Waals surface area (Å²) in [6, 6.07) is 9.84. The van der Waals surface area contributed by atoms with Gasteiger partial charge in [-0.15, -0.1) is 0 Å². The highest BCUT2D eigenvalue weighted by molar-refractivity contribution is 5.84. The van der Waals surface area contributed by atoms with E-state index in [-0.39, 0.29) is 5.56 Å². The van der Waals surface area contributed by atoms with Gasteiger partial charge in [0.15, 0.2) is 5.54 Å². The van der Waals surface area contributed by atoms with Gasteiger partial charge in [-0.2, -0.15) is 0 Å². The van der Waals surface area contributed by atoms with E-state index >= 15 is 0 Å². The molecule has 0 bridgehead atoms. The van der Waals surface area contributed by atoms with Crippen molar-refractivity contribution < 1.29 is 18.7 Å². The second-order valence-corrected chi connectivity index (χ2v) is 5.03. The first kappa shape index (κ1) is 15.0. The summed E-state index contributed by atoms with van der Waals surface area (Å²) in [5, 5.41) is 12.4. The van der Waals surface area contributed by atoms with Crippen molar-refractivity contribution in [2.24, 2.45) is 0 Å². The lowest BCUT2D eigenvalue weighted by Crippen LogP contribution is -2.40. The molecule has 0 radical (unpaired) electrons. The largest absolute Gasteiger partial charge is 0.479 e. The van der Waals surface area contributed by atoms with Crippen LogP contribution in [0.4, 0.5) is 14.5 Å². The number of benzene rings is 2. The van der Waals surface area contributed by atoms with Crippen molar-refractivity contribution in [1.29, 1.82) is 0 Å². The third kappa shape index (κ3) is 3.02. The Labute approximate surface area is 121 Å². The van der Waals surface area contributed by atoms with Crippen LogP contribution in [0.3, 0.4) is 0 Å². The molecule has 2 aromatic carbocycles. The first-order valence-corrected chi connectivity index (χ1v) is 6.37. The second kappa shape index (κ2) is 5.52. The fourth-order valence-corrected chi connectivity index (χ4v) is 2.07. The molecule has 0 aliphatic rings. The van der Waals surface area contributed by atoms with Crippen LogP contribution in [-0.4, -0.2) is 11.1 Å². The number of hydrogen-bond acceptors (Lipinski definition) is 2. The molecule has 110 valence electrons. The van der Waals surface area contributed by atoms with Gasteiger partial charge in [0.25, 0.3) is 0 Å². The lowest BCUT2D eigenvalue weighted by molar-refractivity contribution is -0.142. The van der Waals surface area contributed by atoms with E-state index in [1.54, 1.807) is 12.1 Å². The molecular weight excluding hydrogens is 276 g/mol. The summed E-state index contributed by atoms with van der Waals surface area (Å²) in [7, 11) is 0. The molecule has 2 aromatic rings. The maximum Gasteiger partial charge on any atom is 0.333 e. The topological polar surface area (TPSA) is 49.3 Å². The van der Waals surface area contributed by atoms with Crippen LogP contribution in [0.5, 0.6) is 0 Å². The SMILES string of the molecule is Cc1ccccc1NC(C)(C(=O)O)c1cc(F)cc(F)c1. The van der Waals surface area contributed by atoms with Gasteiger partial charge in [0.2, 0.25) is 0 Å². The first-order chi connectivity index (χ1) is 9.83. The Morgan fingerprint density at radius 2 is 1.71 bits per heavy atom. The van der Waals surface area contributed by atoms with Crippen molar-refractivity contribution in [1.82, 2.24) is 0 Å². The maximum atomic E-state index is 13.4. The van der Waals surface area contributed by atoms with Crippen LogP contribution in [0.15, 0.2) is 42.5 Å². The van der Waals surface area contributed by atoms with E-state index in [0.717, 1.165) is 17.7 Å². The van der Waals surface area contributed by atoms with E-state index in [0.29, 0.717) is 11.8 Å². The number of hydrogen-bond donors (Lipinski definition) is 2. The standard InChI is InChI=1S/C16H15F2NO2/c1-10-5-3-4-6-14(10)19-16(2,15(20)21)11-7-12(17)9-13(18)8-11/h3-9,19H,1-2H3,(H,20,21). The fourth-order valence-electron chi connectivity index (χ4n) is 2.07. The van der Waals surface area contributed by atoms with Gasteiger partial charge < -0.3 is 10.4 Å². The Morgan fingerprint density at radius 1 is 1.14 bits per heavy atom. The number of aryl methyl sites for hydroxylation is 1. The summed E-state index contributed by atoms with van der Waals surface area (Å²) in [4.78, 5) is 11.7. The molecule has 1 unspecified atom stereocenters. The Kier molecular flexibility index (Phi) is 3.93. The zero-order chi connectivity index (χ0) is 15.6. The van der Waals surface area contributed by atoms with E-state index in [1.807, 2.05) is 19.1 Å². The quantitative estimate of drug-likeness (QED) is 0.903. The molecule has 0 saturated carbocycles. The smallest absolute Gasteiger partial charge is 0.333 e. The maximum absolute atomic E-state index is 13.4. The van der Waals surface area contributed by atoms with Crippen molar-refractivity contribution in [3.63, 3.8) is 0 Å². The lowest BCUT2D eigenvalue weighted by Gasteiger charge is -2.29. The zero-order valence-electron chi connectivity index (χ0n) is 11.7. The number of aliphatic carboxylic acids is 1. The number of carboxylic acid groups (broad SMARTS) is 1. The molecule has 21 heavy (non-hydrogen) atoms. The summed E-state index contributed by atoms with van der Waals surface area (Å²) in [5.74, 6) is -2.86. The Bertz CT molecular complexity index is 667. The van der Waals surface area contributed by atoms with Crippen LogP contribution in [0.25, 0.3) is 0 Å². The molecular formula is C16H15F2NO2. The van der Waals surface area contributed by atoms with Crippen LogP contribution in [0.2, 0.25) is 0 Å². The average molecular weight is 291 g/mol. The third-order valence-corrected chi connectivity index (χ3v) is 3.40. The van der Waals surface area contributed by atoms with Crippen LogP contribution < -0.4 is 5.32 Å². The van der Waals surface area contributed by atoms with Crippen LogP contribution >= 0.6 is 0 Å². The summed E-state index contributed by atoms with van der Waals surface area (Å²) < 4.78 is 26.8. The van der Waals surface area contributed by atoms with Gasteiger partial charge in [0, 0.05) is 11.8 Å². The van der Waals surface area contributed by atoms with Crippen molar-refractivity contribution in [3.05, 3.63) is 65.2 Å². The average Bonchev–Trinajstić information content (AvgIpc) is 2.40. The van der Waals surface area contributed by atoms with Crippen LogP contribution in [-0.2, 0) is 10.3 Å². The fraction of sp³-hybridized carbons (Fsp3) is 0.188. The predicted molar refractivity (Wildman–Crippen MR) is 76.1 cm³/mol. The molecule has 0 aliphatic heterocycles. The number of carbonyl (C=O) groups is 1. The van der Waals surface area contributed by atoms with Crippen molar-refractivity contribution >= 4 is 11.7 Å². The predicted octanol–water partition coefficient (Wildman–Crippen LogP) is 3.69. The third-order valence-electron chi connectivity index (χ3n) is 3.40. The molecule has 5 heteroatoms. The number of anilines is 1. The molecule has 0 fully saturated rings. The van der Waals surface area contributed by atoms with E-state index in [4.69, 9.17) is 0 Å². The second-order valence-electron chi connectivity index (χ2n) is 5.03. The van der Waals surface area contributed by atoms with E-state index in [9.17, 15) is 18.7 Å². The van der Waals surface area contributed by atoms with Crippen LogP contribution in [0.1, 0.15) is 18.1 Å². The normalized spacial score (nSPS) is 13.5. The van der Waals surface area contributed by atoms with Gasteiger partial charge in [-0.25, -0.2) is 13.6 Å². The summed E-state index contributed by atoms with van der Waals surface area (Å²) in [6.45, 7) is 3.19. The summed E-state index contributed by atoms with van der Waals surface area (Å²) >= 11 is 0. The van der Waals surface area contributed by atoms with E-state index in [2.05, 4.69) is 5.32 Å². The first-order valence-electron chi connectivity index (χ1n) is 6.37. The molecule has 3 nitrogen and oxygen atoms in total. The highest BCUT2D eigenvalue weighted by atomic mass is 19.1. The van der Waals surface area contributed by atoms with Crippen molar-refractivity contribution in [2.75, 3.05) is 5.32 Å². The highest BCUT2D eigenvalue weighted by Gasteiger charge is 2.36. The van der Waals surface area contributed by atoms with Gasteiger partial charge in [0.05, 0.1) is 0 Å². The van der Waals surface area contributed by atoms with Gasteiger partial charge in [-0.05, 0) is 43.2 Å². The molecule has 0 aromatic heterocycles. The van der Waals surface area contributed by atoms with E-state index in [1.165, 1.54) is 6.92 Å². The number of halogens is 2. The van der Waals surface area contributed by atoms with Gasteiger partial charge in [-0.1, -0.05) is 18.2 Å². The molecule has 0 heterocycles. The minimum Gasteiger partial charge on any atom is -0.479 e. The minimum atomic E-state index is -1.64. The van der Waals surface area contributed by atoms with Gasteiger partial charge >= 0.3 is 5.97 Å². The molecule has 0 aliphatic carbocycles. The summed E-state index contributed by atoms with van der Waals surface area (Å²) in [6.07, 6.45) is 0. The van der Waals surface area contributed by atoms with E-state index < -0.39 is 23.1 Å². The lowest BCUT2D eigenvalue weighted by atomic mass is 9.91. The zero-order valence-corrected chi connectivity index (χ0v) is 11.7. The molecule has 0 amide bonds. The number of para-hydroxylation sites is 1. The molecule has 2 rings (SSSR count). The minimum absolute atomic E-state index is 0.00996. The summed E-state index contributed by atoms with van der Waals surface area (Å²) in [5.41, 5.74) is -0.209. The highest BCUT2D eigenvalue weighted by Crippen LogP contribution is 2.29. The van der Waals surface area contributed by atoms with Crippen molar-refractivity contribution in [2.45, 2.75) is 19.4 Å². The molecule has 0 spiro atoms. The van der Waals surface area contributed by atoms with Gasteiger partial charge in [-0.3, -0.25) is 0 Å².